The lowest BCUT2D eigenvalue weighted by Crippen LogP contribution is -2.60. The highest BCUT2D eigenvalue weighted by Gasteiger charge is 2.67. The molecule has 18 heteroatoms. The summed E-state index contributed by atoms with van der Waals surface area (Å²) in [6.07, 6.45) is -6.12. The molecule has 19 atom stereocenters. The van der Waals surface area contributed by atoms with Gasteiger partial charge in [-0.25, -0.2) is 9.59 Å². The third kappa shape index (κ3) is 11.0. The van der Waals surface area contributed by atoms with E-state index in [9.17, 15) is 29.7 Å². The minimum Gasteiger partial charge on any atom is -0.508 e. The van der Waals surface area contributed by atoms with E-state index in [1.54, 1.807) is 46.8 Å². The number of fused-ring (bicyclic) bond motifs is 3. The molecule has 0 radical (unpaired) electrons. The number of aliphatic hydroxyl groups excluding tert-OH is 2. The van der Waals surface area contributed by atoms with Crippen molar-refractivity contribution in [3.63, 3.8) is 0 Å². The normalized spacial score (nSPS) is 44.7. The second-order valence-electron chi connectivity index (χ2n) is 19.5. The van der Waals surface area contributed by atoms with Gasteiger partial charge < -0.3 is 73.1 Å². The SMILES string of the molecule is CCC1OC(=O)C(C)C(OC2CC(C)(OC)C(O)C(C)O2)C(C)C(OC2OC(C)CC(N(C)C)C2O)C2(C)CC(C)C(O)(O2)C(C)C2OC(=O)OC12C.O=C(O)/C=C/c1cccc(O)c1. The number of aliphatic hydroxyl groups is 3. The monoisotopic (exact) mass is 923 g/mol. The summed E-state index contributed by atoms with van der Waals surface area (Å²) in [4.78, 5) is 39.2. The minimum absolute atomic E-state index is 0.127. The first-order chi connectivity index (χ1) is 30.2. The highest BCUT2D eigenvalue weighted by Crippen LogP contribution is 2.53. The second-order valence-corrected chi connectivity index (χ2v) is 19.5. The molecule has 5 fully saturated rings. The summed E-state index contributed by atoms with van der Waals surface area (Å²) in [5.74, 6) is -6.38. The van der Waals surface area contributed by atoms with E-state index < -0.39 is 120 Å². The molecule has 5 aliphatic heterocycles. The molecule has 5 aliphatic rings. The number of carboxylic acid groups (broad SMARTS) is 1. The fraction of sp³-hybridized carbons (Fsp3) is 0.766. The summed E-state index contributed by atoms with van der Waals surface area (Å²) in [7, 11) is 5.29. The predicted octanol–water partition coefficient (Wildman–Crippen LogP) is 4.62. The van der Waals surface area contributed by atoms with Gasteiger partial charge in [0, 0.05) is 37.5 Å². The molecule has 18 nitrogen and oxygen atoms in total. The van der Waals surface area contributed by atoms with Crippen molar-refractivity contribution >= 4 is 24.2 Å². The number of ether oxygens (including phenoxy) is 9. The van der Waals surface area contributed by atoms with E-state index in [0.717, 1.165) is 6.08 Å². The summed E-state index contributed by atoms with van der Waals surface area (Å²) >= 11 is 0. The number of hydrogen-bond acceptors (Lipinski definition) is 17. The molecule has 2 bridgehead atoms. The van der Waals surface area contributed by atoms with Crippen LogP contribution in [0.4, 0.5) is 4.79 Å². The first-order valence-corrected chi connectivity index (χ1v) is 22.7. The van der Waals surface area contributed by atoms with Crippen LogP contribution in [0.2, 0.25) is 0 Å². The Morgan fingerprint density at radius 2 is 1.66 bits per heavy atom. The number of methoxy groups -OCH3 is 1. The van der Waals surface area contributed by atoms with E-state index >= 15 is 0 Å². The number of cyclic esters (lactones) is 1. The number of carbonyl (C=O) groups is 3. The van der Waals surface area contributed by atoms with Crippen LogP contribution in [0.3, 0.4) is 0 Å². The molecule has 368 valence electrons. The maximum absolute atomic E-state index is 14.4. The Kier molecular flexibility index (Phi) is 16.5. The lowest BCUT2D eigenvalue weighted by atomic mass is 9.75. The smallest absolute Gasteiger partial charge is 0.508 e. The Hall–Kier alpha value is -3.43. The van der Waals surface area contributed by atoms with Crippen molar-refractivity contribution in [3.05, 3.63) is 35.9 Å². The van der Waals surface area contributed by atoms with Crippen LogP contribution in [0, 0.1) is 23.7 Å². The number of phenols is 1. The van der Waals surface area contributed by atoms with Crippen LogP contribution in [-0.4, -0.2) is 160 Å². The molecule has 1 aromatic rings. The fourth-order valence-corrected chi connectivity index (χ4v) is 10.6. The molecular formula is C47H73NO17. The summed E-state index contributed by atoms with van der Waals surface area (Å²) in [5.41, 5.74) is -3.09. The van der Waals surface area contributed by atoms with Crippen LogP contribution in [0.25, 0.3) is 6.08 Å². The first-order valence-electron chi connectivity index (χ1n) is 22.7. The van der Waals surface area contributed by atoms with Crippen LogP contribution in [0.1, 0.15) is 100 Å². The number of aliphatic carboxylic acids is 1. The van der Waals surface area contributed by atoms with Crippen LogP contribution < -0.4 is 0 Å². The zero-order valence-corrected chi connectivity index (χ0v) is 40.0. The van der Waals surface area contributed by atoms with E-state index in [1.807, 2.05) is 53.6 Å². The van der Waals surface area contributed by atoms with Gasteiger partial charge in [-0.15, -0.1) is 0 Å². The number of likely N-dealkylation sites (N-methyl/N-ethyl adjacent to an activating group) is 1. The molecule has 0 saturated carbocycles. The predicted molar refractivity (Wildman–Crippen MR) is 233 cm³/mol. The molecule has 1 aromatic carbocycles. The van der Waals surface area contributed by atoms with E-state index in [4.69, 9.17) is 52.8 Å². The average Bonchev–Trinajstić information content (AvgIpc) is 3.68. The van der Waals surface area contributed by atoms with Crippen LogP contribution in [0.5, 0.6) is 5.75 Å². The molecule has 0 spiro atoms. The topological polar surface area (TPSA) is 239 Å². The fourth-order valence-electron chi connectivity index (χ4n) is 10.6. The van der Waals surface area contributed by atoms with Crippen molar-refractivity contribution in [2.24, 2.45) is 23.7 Å². The third-order valence-electron chi connectivity index (χ3n) is 14.4. The van der Waals surface area contributed by atoms with Crippen molar-refractivity contribution in [1.82, 2.24) is 4.90 Å². The number of benzene rings is 1. The van der Waals surface area contributed by atoms with Crippen LogP contribution >= 0.6 is 0 Å². The maximum Gasteiger partial charge on any atom is 0.509 e. The van der Waals surface area contributed by atoms with Gasteiger partial charge in [-0.3, -0.25) is 4.79 Å². The minimum atomic E-state index is -1.86. The Balaban J connectivity index is 0.000000572. The quantitative estimate of drug-likeness (QED) is 0.168. The van der Waals surface area contributed by atoms with Crippen molar-refractivity contribution in [1.29, 1.82) is 0 Å². The zero-order valence-electron chi connectivity index (χ0n) is 40.0. The molecular weight excluding hydrogens is 851 g/mol. The molecule has 5 saturated heterocycles. The summed E-state index contributed by atoms with van der Waals surface area (Å²) in [6.45, 7) is 17.9. The van der Waals surface area contributed by atoms with Gasteiger partial charge in [0.15, 0.2) is 30.1 Å². The van der Waals surface area contributed by atoms with E-state index in [2.05, 4.69) is 0 Å². The number of nitrogens with zero attached hydrogens (tertiary/aromatic N) is 1. The standard InChI is InChI=1S/C38H65NO14.C9H8O3/c1-14-25-37(10)31(51-34(43)52-37)22(6)38(44)18(2)16-36(9,53-38)30(50-33-27(40)24(39(11)12)15-19(3)46-33)20(4)28(21(5)32(42)48-25)49-26-17-35(8,45-13)29(41)23(7)47-26;10-8-3-1-2-7(6-8)4-5-9(11)12/h18-31,33,40-41,44H,14-17H2,1-13H3;1-6,10H,(H,11,12)/b;5-4+. The van der Waals surface area contributed by atoms with Gasteiger partial charge in [0.2, 0.25) is 0 Å². The molecule has 19 unspecified atom stereocenters. The second kappa shape index (κ2) is 20.4. The van der Waals surface area contributed by atoms with Gasteiger partial charge in [0.1, 0.15) is 24.1 Å². The van der Waals surface area contributed by atoms with Crippen molar-refractivity contribution in [2.45, 2.75) is 185 Å². The van der Waals surface area contributed by atoms with Gasteiger partial charge in [-0.2, -0.15) is 0 Å². The average molecular weight is 924 g/mol. The zero-order chi connectivity index (χ0) is 48.6. The Labute approximate surface area is 382 Å². The number of phenolic OH excluding ortho intramolecular Hbond substituents is 1. The molecule has 5 heterocycles. The largest absolute Gasteiger partial charge is 0.509 e. The highest BCUT2D eigenvalue weighted by molar-refractivity contribution is 5.85. The van der Waals surface area contributed by atoms with Crippen molar-refractivity contribution < 1.29 is 82.5 Å². The van der Waals surface area contributed by atoms with Crippen molar-refractivity contribution in [2.75, 3.05) is 21.2 Å². The first kappa shape index (κ1) is 52.5. The Morgan fingerprint density at radius 1 is 0.985 bits per heavy atom. The van der Waals surface area contributed by atoms with Crippen molar-refractivity contribution in [3.8, 4) is 5.75 Å². The number of carboxylic acids is 1. The number of rotatable bonds is 9. The Bertz CT molecular complexity index is 1850. The van der Waals surface area contributed by atoms with E-state index in [0.29, 0.717) is 12.0 Å². The van der Waals surface area contributed by atoms with E-state index in [-0.39, 0.29) is 37.2 Å². The maximum atomic E-state index is 14.4. The van der Waals surface area contributed by atoms with Gasteiger partial charge >= 0.3 is 18.1 Å². The molecule has 6 rings (SSSR count). The number of aromatic hydroxyl groups is 1. The van der Waals surface area contributed by atoms with Gasteiger partial charge in [-0.1, -0.05) is 39.8 Å². The molecule has 0 amide bonds. The van der Waals surface area contributed by atoms with Gasteiger partial charge in [0.25, 0.3) is 0 Å². The highest BCUT2D eigenvalue weighted by atomic mass is 16.8. The molecule has 0 aliphatic carbocycles. The number of carbonyl (C=O) groups excluding carboxylic acids is 2. The third-order valence-corrected chi connectivity index (χ3v) is 14.4. The number of esters is 1. The lowest BCUT2D eigenvalue weighted by Gasteiger charge is -2.49. The Morgan fingerprint density at radius 3 is 2.26 bits per heavy atom. The summed E-state index contributed by atoms with van der Waals surface area (Å²) in [6, 6.07) is 6.09. The van der Waals surface area contributed by atoms with E-state index in [1.165, 1.54) is 25.3 Å². The van der Waals surface area contributed by atoms with Crippen LogP contribution in [-0.2, 0) is 52.2 Å². The van der Waals surface area contributed by atoms with Gasteiger partial charge in [0.05, 0.1) is 47.5 Å². The molecule has 65 heavy (non-hydrogen) atoms. The number of hydrogen-bond donors (Lipinski definition) is 5. The molecule has 0 aromatic heterocycles. The van der Waals surface area contributed by atoms with Gasteiger partial charge in [-0.05, 0) is 98.7 Å². The van der Waals surface area contributed by atoms with Crippen LogP contribution in [0.15, 0.2) is 30.3 Å². The molecule has 5 N–H and O–H groups in total. The summed E-state index contributed by atoms with van der Waals surface area (Å²) in [5, 5.41) is 52.5. The lowest BCUT2D eigenvalue weighted by molar-refractivity contribution is -0.337. The summed E-state index contributed by atoms with van der Waals surface area (Å²) < 4.78 is 56.5.